The first-order valence-electron chi connectivity index (χ1n) is 8.88. The summed E-state index contributed by atoms with van der Waals surface area (Å²) in [6, 6.07) is 4.05. The van der Waals surface area contributed by atoms with Gasteiger partial charge in [0, 0.05) is 56.8 Å². The molecule has 1 atom stereocenters. The quantitative estimate of drug-likeness (QED) is 0.847. The summed E-state index contributed by atoms with van der Waals surface area (Å²) in [6.45, 7) is 3.07. The van der Waals surface area contributed by atoms with Crippen LogP contribution in [0.5, 0.6) is 0 Å². The van der Waals surface area contributed by atoms with Crippen LogP contribution in [0.25, 0.3) is 11.0 Å². The summed E-state index contributed by atoms with van der Waals surface area (Å²) in [6.07, 6.45) is 5.64. The average molecular weight is 328 g/mol. The fourth-order valence-electron chi connectivity index (χ4n) is 4.02. The molecule has 0 bridgehead atoms. The second kappa shape index (κ2) is 6.51. The van der Waals surface area contributed by atoms with Gasteiger partial charge in [-0.15, -0.1) is 0 Å². The van der Waals surface area contributed by atoms with Crippen molar-refractivity contribution in [3.63, 3.8) is 0 Å². The van der Waals surface area contributed by atoms with Gasteiger partial charge in [-0.3, -0.25) is 9.48 Å². The van der Waals surface area contributed by atoms with Gasteiger partial charge in [-0.05, 0) is 37.8 Å². The number of carbonyl (C=O) groups is 1. The molecule has 2 saturated heterocycles. The van der Waals surface area contributed by atoms with Gasteiger partial charge in [0.05, 0.1) is 5.69 Å². The molecule has 6 heteroatoms. The Morgan fingerprint density at radius 1 is 1.29 bits per heavy atom. The number of aromatic nitrogens is 3. The molecule has 2 aliphatic heterocycles. The molecule has 24 heavy (non-hydrogen) atoms. The zero-order chi connectivity index (χ0) is 16.5. The van der Waals surface area contributed by atoms with Crippen molar-refractivity contribution < 1.29 is 9.53 Å². The summed E-state index contributed by atoms with van der Waals surface area (Å²) in [5.41, 5.74) is 2.01. The minimum Gasteiger partial charge on any atom is -0.381 e. The number of fused-ring (bicyclic) bond motifs is 1. The number of pyridine rings is 1. The van der Waals surface area contributed by atoms with E-state index >= 15 is 0 Å². The third-order valence-electron chi connectivity index (χ3n) is 5.32. The highest BCUT2D eigenvalue weighted by atomic mass is 16.5. The molecule has 2 aliphatic rings. The van der Waals surface area contributed by atoms with E-state index in [0.29, 0.717) is 25.0 Å². The standard InChI is InChI=1S/C18H24N4O2/c1-21-17-15(5-2-8-19-17)16(20-21)14-4-3-9-22(12-14)18(23)13-6-10-24-11-7-13/h2,5,8,13-14H,3-4,6-7,9-12H2,1H3/t14-/m0/s1. The van der Waals surface area contributed by atoms with E-state index in [1.807, 2.05) is 17.8 Å². The molecule has 4 rings (SSSR count). The van der Waals surface area contributed by atoms with E-state index < -0.39 is 0 Å². The zero-order valence-corrected chi connectivity index (χ0v) is 14.1. The predicted molar refractivity (Wildman–Crippen MR) is 90.6 cm³/mol. The largest absolute Gasteiger partial charge is 0.381 e. The van der Waals surface area contributed by atoms with Crippen molar-refractivity contribution in [3.05, 3.63) is 24.0 Å². The number of nitrogens with zero attached hydrogens (tertiary/aromatic N) is 4. The molecule has 0 spiro atoms. The van der Waals surface area contributed by atoms with E-state index in [0.717, 1.165) is 55.5 Å². The molecule has 2 aromatic rings. The Hall–Kier alpha value is -1.95. The summed E-state index contributed by atoms with van der Waals surface area (Å²) in [5.74, 6) is 0.747. The number of ether oxygens (including phenoxy) is 1. The van der Waals surface area contributed by atoms with Gasteiger partial charge in [-0.25, -0.2) is 4.98 Å². The number of carbonyl (C=O) groups excluding carboxylic acids is 1. The molecule has 0 N–H and O–H groups in total. The lowest BCUT2D eigenvalue weighted by molar-refractivity contribution is -0.139. The highest BCUT2D eigenvalue weighted by Crippen LogP contribution is 2.32. The first-order chi connectivity index (χ1) is 11.7. The molecule has 0 saturated carbocycles. The topological polar surface area (TPSA) is 60.2 Å². The van der Waals surface area contributed by atoms with Crippen LogP contribution in [0, 0.1) is 5.92 Å². The molecule has 0 radical (unpaired) electrons. The number of hydrogen-bond acceptors (Lipinski definition) is 4. The molecular formula is C18H24N4O2. The van der Waals surface area contributed by atoms with E-state index in [1.54, 1.807) is 6.20 Å². The smallest absolute Gasteiger partial charge is 0.225 e. The summed E-state index contributed by atoms with van der Waals surface area (Å²) in [4.78, 5) is 19.3. The first-order valence-corrected chi connectivity index (χ1v) is 8.88. The Labute approximate surface area is 141 Å². The van der Waals surface area contributed by atoms with Gasteiger partial charge in [-0.2, -0.15) is 5.10 Å². The lowest BCUT2D eigenvalue weighted by atomic mass is 9.91. The summed E-state index contributed by atoms with van der Waals surface area (Å²) >= 11 is 0. The monoisotopic (exact) mass is 328 g/mol. The number of amides is 1. The van der Waals surface area contributed by atoms with Crippen molar-refractivity contribution >= 4 is 16.9 Å². The second-order valence-corrected chi connectivity index (χ2v) is 6.89. The van der Waals surface area contributed by atoms with Crippen molar-refractivity contribution in [2.45, 2.75) is 31.6 Å². The molecule has 128 valence electrons. The summed E-state index contributed by atoms with van der Waals surface area (Å²) in [5, 5.41) is 5.83. The molecule has 0 aromatic carbocycles. The Morgan fingerprint density at radius 2 is 2.12 bits per heavy atom. The molecule has 2 aromatic heterocycles. The van der Waals surface area contributed by atoms with Crippen LogP contribution in [0.2, 0.25) is 0 Å². The van der Waals surface area contributed by atoms with Crippen LogP contribution in [0.15, 0.2) is 18.3 Å². The lowest BCUT2D eigenvalue weighted by Crippen LogP contribution is -2.43. The van der Waals surface area contributed by atoms with Gasteiger partial charge in [0.2, 0.25) is 5.91 Å². The second-order valence-electron chi connectivity index (χ2n) is 6.89. The van der Waals surface area contributed by atoms with Crippen molar-refractivity contribution in [2.75, 3.05) is 26.3 Å². The van der Waals surface area contributed by atoms with Gasteiger partial charge >= 0.3 is 0 Å². The number of piperidine rings is 1. The Balaban J connectivity index is 1.55. The maximum absolute atomic E-state index is 12.8. The van der Waals surface area contributed by atoms with Gasteiger partial charge in [0.1, 0.15) is 0 Å². The highest BCUT2D eigenvalue weighted by Gasteiger charge is 2.32. The van der Waals surface area contributed by atoms with E-state index in [-0.39, 0.29) is 5.92 Å². The lowest BCUT2D eigenvalue weighted by Gasteiger charge is -2.35. The van der Waals surface area contributed by atoms with Crippen LogP contribution in [0.4, 0.5) is 0 Å². The minimum atomic E-state index is 0.139. The van der Waals surface area contributed by atoms with E-state index in [1.165, 1.54) is 0 Å². The first kappa shape index (κ1) is 15.6. The highest BCUT2D eigenvalue weighted by molar-refractivity contribution is 5.80. The average Bonchev–Trinajstić information content (AvgIpc) is 2.99. The number of aryl methyl sites for hydroxylation is 1. The van der Waals surface area contributed by atoms with Crippen molar-refractivity contribution in [1.82, 2.24) is 19.7 Å². The molecule has 6 nitrogen and oxygen atoms in total. The summed E-state index contributed by atoms with van der Waals surface area (Å²) in [7, 11) is 1.94. The van der Waals surface area contributed by atoms with E-state index in [2.05, 4.69) is 16.0 Å². The van der Waals surface area contributed by atoms with Crippen molar-refractivity contribution in [1.29, 1.82) is 0 Å². The van der Waals surface area contributed by atoms with Gasteiger partial charge in [0.15, 0.2) is 5.65 Å². The van der Waals surface area contributed by atoms with E-state index in [4.69, 9.17) is 9.84 Å². The number of rotatable bonds is 2. The van der Waals surface area contributed by atoms with E-state index in [9.17, 15) is 4.79 Å². The predicted octanol–water partition coefficient (Wildman–Crippen LogP) is 2.10. The third-order valence-corrected chi connectivity index (χ3v) is 5.32. The zero-order valence-electron chi connectivity index (χ0n) is 14.1. The maximum Gasteiger partial charge on any atom is 0.225 e. The van der Waals surface area contributed by atoms with Gasteiger partial charge in [-0.1, -0.05) is 0 Å². The summed E-state index contributed by atoms with van der Waals surface area (Å²) < 4.78 is 7.24. The van der Waals surface area contributed by atoms with Gasteiger partial charge in [0.25, 0.3) is 0 Å². The van der Waals surface area contributed by atoms with Crippen LogP contribution in [0.1, 0.15) is 37.3 Å². The van der Waals surface area contributed by atoms with Crippen molar-refractivity contribution in [2.24, 2.45) is 13.0 Å². The van der Waals surface area contributed by atoms with Crippen LogP contribution < -0.4 is 0 Å². The molecule has 0 aliphatic carbocycles. The van der Waals surface area contributed by atoms with Crippen LogP contribution in [-0.4, -0.2) is 51.9 Å². The molecule has 2 fully saturated rings. The Bertz CT molecular complexity index is 736. The normalized spacial score (nSPS) is 22.9. The van der Waals surface area contributed by atoms with Crippen LogP contribution >= 0.6 is 0 Å². The fraction of sp³-hybridized carbons (Fsp3) is 0.611. The Morgan fingerprint density at radius 3 is 2.96 bits per heavy atom. The number of hydrogen-bond donors (Lipinski definition) is 0. The molecule has 1 amide bonds. The third kappa shape index (κ3) is 2.79. The SMILES string of the molecule is Cn1nc([C@H]2CCCN(C(=O)C3CCOCC3)C2)c2cccnc21. The van der Waals surface area contributed by atoms with Crippen LogP contribution in [0.3, 0.4) is 0 Å². The van der Waals surface area contributed by atoms with Gasteiger partial charge < -0.3 is 9.64 Å². The minimum absolute atomic E-state index is 0.139. The molecule has 4 heterocycles. The molecule has 0 unspecified atom stereocenters. The molecular weight excluding hydrogens is 304 g/mol. The van der Waals surface area contributed by atoms with Crippen molar-refractivity contribution in [3.8, 4) is 0 Å². The Kier molecular flexibility index (Phi) is 4.22. The fourth-order valence-corrected chi connectivity index (χ4v) is 4.02. The maximum atomic E-state index is 12.8. The number of likely N-dealkylation sites (tertiary alicyclic amines) is 1. The van der Waals surface area contributed by atoms with Crippen LogP contribution in [-0.2, 0) is 16.6 Å².